The second-order valence-corrected chi connectivity index (χ2v) is 4.80. The van der Waals surface area contributed by atoms with Crippen LogP contribution in [0.3, 0.4) is 0 Å². The van der Waals surface area contributed by atoms with Crippen LogP contribution in [0.2, 0.25) is 5.28 Å². The standard InChI is InChI=1S/C12H17ClN6/c1-4-6-19(9(2)3)12-16-10(13)15-11(17-12)18-7-5-14-8-18/h5,7-9H,4,6H2,1-3H3. The van der Waals surface area contributed by atoms with Crippen LogP contribution < -0.4 is 4.90 Å². The van der Waals surface area contributed by atoms with Crippen molar-refractivity contribution >= 4 is 17.5 Å². The zero-order chi connectivity index (χ0) is 13.8. The van der Waals surface area contributed by atoms with Crippen LogP contribution in [0.5, 0.6) is 0 Å². The van der Waals surface area contributed by atoms with Crippen molar-refractivity contribution < 1.29 is 0 Å². The average Bonchev–Trinajstić information content (AvgIpc) is 2.88. The second-order valence-electron chi connectivity index (χ2n) is 4.46. The molecular formula is C12H17ClN6. The Morgan fingerprint density at radius 2 is 2.11 bits per heavy atom. The number of aromatic nitrogens is 5. The molecule has 0 aromatic carbocycles. The summed E-state index contributed by atoms with van der Waals surface area (Å²) in [5.74, 6) is 1.08. The summed E-state index contributed by atoms with van der Waals surface area (Å²) in [6.07, 6.45) is 6.09. The first-order valence-electron chi connectivity index (χ1n) is 6.28. The molecule has 0 saturated heterocycles. The lowest BCUT2D eigenvalue weighted by Crippen LogP contribution is -2.33. The number of halogens is 1. The van der Waals surface area contributed by atoms with E-state index in [9.17, 15) is 0 Å². The lowest BCUT2D eigenvalue weighted by atomic mass is 10.3. The van der Waals surface area contributed by atoms with Gasteiger partial charge in [-0.3, -0.25) is 4.57 Å². The Balaban J connectivity index is 2.40. The summed E-state index contributed by atoms with van der Waals surface area (Å²) in [4.78, 5) is 18.9. The number of hydrogen-bond acceptors (Lipinski definition) is 5. The first kappa shape index (κ1) is 13.7. The molecule has 0 aliphatic carbocycles. The van der Waals surface area contributed by atoms with Gasteiger partial charge in [-0.2, -0.15) is 15.0 Å². The third-order valence-corrected chi connectivity index (χ3v) is 2.83. The van der Waals surface area contributed by atoms with E-state index in [4.69, 9.17) is 11.6 Å². The average molecular weight is 281 g/mol. The van der Waals surface area contributed by atoms with Gasteiger partial charge in [0.25, 0.3) is 0 Å². The van der Waals surface area contributed by atoms with E-state index in [1.54, 1.807) is 23.3 Å². The summed E-state index contributed by atoms with van der Waals surface area (Å²) in [5, 5.41) is 0.190. The fourth-order valence-electron chi connectivity index (χ4n) is 1.78. The van der Waals surface area contributed by atoms with Gasteiger partial charge in [0.05, 0.1) is 0 Å². The van der Waals surface area contributed by atoms with Crippen LogP contribution in [0.25, 0.3) is 5.95 Å². The van der Waals surface area contributed by atoms with E-state index in [0.717, 1.165) is 13.0 Å². The Hall–Kier alpha value is -1.69. The molecule has 2 aromatic rings. The van der Waals surface area contributed by atoms with Crippen molar-refractivity contribution in [2.24, 2.45) is 0 Å². The SMILES string of the molecule is CCCN(c1nc(Cl)nc(-n2ccnc2)n1)C(C)C. The van der Waals surface area contributed by atoms with Gasteiger partial charge < -0.3 is 4.90 Å². The summed E-state index contributed by atoms with van der Waals surface area (Å²) in [7, 11) is 0. The molecular weight excluding hydrogens is 264 g/mol. The molecule has 0 spiro atoms. The largest absolute Gasteiger partial charge is 0.338 e. The summed E-state index contributed by atoms with van der Waals surface area (Å²) >= 11 is 5.99. The van der Waals surface area contributed by atoms with Gasteiger partial charge in [0.1, 0.15) is 6.33 Å². The lowest BCUT2D eigenvalue weighted by molar-refractivity contribution is 0.646. The third-order valence-electron chi connectivity index (χ3n) is 2.66. The maximum Gasteiger partial charge on any atom is 0.241 e. The Bertz CT molecular complexity index is 525. The molecule has 19 heavy (non-hydrogen) atoms. The summed E-state index contributed by atoms with van der Waals surface area (Å²) in [6.45, 7) is 7.20. The van der Waals surface area contributed by atoms with E-state index in [2.05, 4.69) is 45.6 Å². The molecule has 2 rings (SSSR count). The van der Waals surface area contributed by atoms with Gasteiger partial charge >= 0.3 is 0 Å². The molecule has 0 aliphatic heterocycles. The van der Waals surface area contributed by atoms with E-state index >= 15 is 0 Å². The molecule has 2 aromatic heterocycles. The summed E-state index contributed by atoms with van der Waals surface area (Å²) in [6, 6.07) is 0.300. The topological polar surface area (TPSA) is 59.7 Å². The van der Waals surface area contributed by atoms with Crippen LogP contribution in [-0.2, 0) is 0 Å². The zero-order valence-electron chi connectivity index (χ0n) is 11.3. The number of anilines is 1. The van der Waals surface area contributed by atoms with Crippen LogP contribution in [0.4, 0.5) is 5.95 Å². The highest BCUT2D eigenvalue weighted by molar-refractivity contribution is 6.28. The maximum absolute atomic E-state index is 5.99. The molecule has 0 radical (unpaired) electrons. The maximum atomic E-state index is 5.99. The fourth-order valence-corrected chi connectivity index (χ4v) is 1.93. The van der Waals surface area contributed by atoms with Crippen molar-refractivity contribution in [1.82, 2.24) is 24.5 Å². The van der Waals surface area contributed by atoms with Gasteiger partial charge in [0.2, 0.25) is 17.2 Å². The van der Waals surface area contributed by atoms with Crippen molar-refractivity contribution in [2.45, 2.75) is 33.2 Å². The molecule has 0 N–H and O–H groups in total. The van der Waals surface area contributed by atoms with Crippen molar-refractivity contribution in [2.75, 3.05) is 11.4 Å². The molecule has 0 saturated carbocycles. The molecule has 0 bridgehead atoms. The van der Waals surface area contributed by atoms with Gasteiger partial charge in [0.15, 0.2) is 0 Å². The van der Waals surface area contributed by atoms with Crippen LogP contribution in [0.15, 0.2) is 18.7 Å². The van der Waals surface area contributed by atoms with Crippen molar-refractivity contribution in [3.05, 3.63) is 24.0 Å². The quantitative estimate of drug-likeness (QED) is 0.841. The monoisotopic (exact) mass is 280 g/mol. The Kier molecular flexibility index (Phi) is 4.31. The van der Waals surface area contributed by atoms with Gasteiger partial charge in [-0.05, 0) is 31.9 Å². The molecule has 0 aliphatic rings. The van der Waals surface area contributed by atoms with E-state index in [1.807, 2.05) is 0 Å². The zero-order valence-corrected chi connectivity index (χ0v) is 12.0. The first-order valence-corrected chi connectivity index (χ1v) is 6.66. The molecule has 0 amide bonds. The predicted octanol–water partition coefficient (Wildman–Crippen LogP) is 2.34. The third kappa shape index (κ3) is 3.20. The van der Waals surface area contributed by atoms with Crippen LogP contribution in [-0.4, -0.2) is 37.1 Å². The molecule has 7 heteroatoms. The number of nitrogens with zero attached hydrogens (tertiary/aromatic N) is 6. The van der Waals surface area contributed by atoms with E-state index < -0.39 is 0 Å². The van der Waals surface area contributed by atoms with Crippen LogP contribution >= 0.6 is 11.6 Å². The van der Waals surface area contributed by atoms with Gasteiger partial charge in [-0.15, -0.1) is 0 Å². The first-order chi connectivity index (χ1) is 9.11. The Morgan fingerprint density at radius 3 is 2.68 bits per heavy atom. The van der Waals surface area contributed by atoms with Gasteiger partial charge in [0, 0.05) is 25.0 Å². The normalized spacial score (nSPS) is 11.0. The minimum Gasteiger partial charge on any atom is -0.338 e. The smallest absolute Gasteiger partial charge is 0.241 e. The van der Waals surface area contributed by atoms with Crippen LogP contribution in [0.1, 0.15) is 27.2 Å². The molecule has 0 atom stereocenters. The number of rotatable bonds is 5. The van der Waals surface area contributed by atoms with Crippen molar-refractivity contribution in [3.63, 3.8) is 0 Å². The van der Waals surface area contributed by atoms with E-state index in [0.29, 0.717) is 17.9 Å². The number of imidazole rings is 1. The van der Waals surface area contributed by atoms with Gasteiger partial charge in [-0.25, -0.2) is 4.98 Å². The molecule has 6 nitrogen and oxygen atoms in total. The predicted molar refractivity (Wildman–Crippen MR) is 74.7 cm³/mol. The Labute approximate surface area is 117 Å². The second kappa shape index (κ2) is 5.97. The van der Waals surface area contributed by atoms with Gasteiger partial charge in [-0.1, -0.05) is 6.92 Å². The summed E-state index contributed by atoms with van der Waals surface area (Å²) in [5.41, 5.74) is 0. The molecule has 102 valence electrons. The summed E-state index contributed by atoms with van der Waals surface area (Å²) < 4.78 is 1.71. The van der Waals surface area contributed by atoms with Crippen molar-refractivity contribution in [3.8, 4) is 5.95 Å². The van der Waals surface area contributed by atoms with Crippen LogP contribution in [0, 0.1) is 0 Å². The fraction of sp³-hybridized carbons (Fsp3) is 0.500. The minimum absolute atomic E-state index is 0.190. The molecule has 0 unspecified atom stereocenters. The Morgan fingerprint density at radius 1 is 1.32 bits per heavy atom. The minimum atomic E-state index is 0.190. The van der Waals surface area contributed by atoms with E-state index in [1.165, 1.54) is 0 Å². The number of hydrogen-bond donors (Lipinski definition) is 0. The highest BCUT2D eigenvalue weighted by Crippen LogP contribution is 2.16. The highest BCUT2D eigenvalue weighted by Gasteiger charge is 2.15. The van der Waals surface area contributed by atoms with Crippen molar-refractivity contribution in [1.29, 1.82) is 0 Å². The molecule has 2 heterocycles. The van der Waals surface area contributed by atoms with E-state index in [-0.39, 0.29) is 5.28 Å². The molecule has 0 fully saturated rings. The highest BCUT2D eigenvalue weighted by atomic mass is 35.5. The lowest BCUT2D eigenvalue weighted by Gasteiger charge is -2.26.